The number of rotatable bonds is 4. The minimum atomic E-state index is -0.278. The minimum Gasteiger partial charge on any atom is -0.495 e. The maximum Gasteiger partial charge on any atom is 0.259 e. The van der Waals surface area contributed by atoms with Crippen LogP contribution in [0, 0.1) is 6.92 Å². The van der Waals surface area contributed by atoms with Crippen LogP contribution in [0.1, 0.15) is 23.0 Å². The molecule has 0 aliphatic heterocycles. The van der Waals surface area contributed by atoms with Crippen LogP contribution in [0.2, 0.25) is 0 Å². The van der Waals surface area contributed by atoms with Gasteiger partial charge in [0.2, 0.25) is 5.91 Å². The first-order valence-corrected chi connectivity index (χ1v) is 6.32. The van der Waals surface area contributed by atoms with Gasteiger partial charge in [-0.25, -0.2) is 0 Å². The van der Waals surface area contributed by atoms with Gasteiger partial charge in [-0.15, -0.1) is 0 Å². The predicted molar refractivity (Wildman–Crippen MR) is 78.7 cm³/mol. The molecule has 6 heteroatoms. The molecule has 0 saturated carbocycles. The second-order valence-electron chi connectivity index (χ2n) is 4.44. The third kappa shape index (κ3) is 3.42. The van der Waals surface area contributed by atoms with E-state index in [1.165, 1.54) is 20.3 Å². The number of amides is 2. The fourth-order valence-corrected chi connectivity index (χ4v) is 1.89. The van der Waals surface area contributed by atoms with Crippen molar-refractivity contribution in [3.8, 4) is 5.75 Å². The van der Waals surface area contributed by atoms with E-state index in [4.69, 9.17) is 9.15 Å². The molecule has 2 rings (SSSR count). The van der Waals surface area contributed by atoms with Crippen LogP contribution >= 0.6 is 0 Å². The number of carbonyl (C=O) groups excluding carboxylic acids is 2. The Morgan fingerprint density at radius 2 is 1.95 bits per heavy atom. The second kappa shape index (κ2) is 6.13. The van der Waals surface area contributed by atoms with Gasteiger partial charge in [-0.1, -0.05) is 0 Å². The first kappa shape index (κ1) is 14.6. The highest BCUT2D eigenvalue weighted by Crippen LogP contribution is 2.28. The van der Waals surface area contributed by atoms with Gasteiger partial charge in [-0.2, -0.15) is 0 Å². The Morgan fingerprint density at radius 3 is 2.52 bits per heavy atom. The lowest BCUT2D eigenvalue weighted by Gasteiger charge is -2.11. The number of furan rings is 1. The van der Waals surface area contributed by atoms with Crippen LogP contribution in [-0.2, 0) is 4.79 Å². The largest absolute Gasteiger partial charge is 0.495 e. The van der Waals surface area contributed by atoms with E-state index in [2.05, 4.69) is 10.6 Å². The quantitative estimate of drug-likeness (QED) is 0.906. The summed E-state index contributed by atoms with van der Waals surface area (Å²) in [6.07, 6.45) is 1.46. The number of hydrogen-bond donors (Lipinski definition) is 2. The van der Waals surface area contributed by atoms with E-state index in [0.717, 1.165) is 0 Å². The van der Waals surface area contributed by atoms with Crippen molar-refractivity contribution in [2.45, 2.75) is 13.8 Å². The molecule has 2 amide bonds. The first-order chi connectivity index (χ1) is 10.0. The average Bonchev–Trinajstić information content (AvgIpc) is 2.85. The van der Waals surface area contributed by atoms with Crippen LogP contribution in [0.25, 0.3) is 0 Å². The van der Waals surface area contributed by atoms with E-state index in [-0.39, 0.29) is 11.8 Å². The Balaban J connectivity index is 2.22. The molecule has 0 fully saturated rings. The second-order valence-corrected chi connectivity index (χ2v) is 4.44. The zero-order valence-corrected chi connectivity index (χ0v) is 12.0. The summed E-state index contributed by atoms with van der Waals surface area (Å²) in [6.45, 7) is 3.12. The zero-order valence-electron chi connectivity index (χ0n) is 12.0. The summed E-state index contributed by atoms with van der Waals surface area (Å²) in [5.41, 5.74) is 1.50. The van der Waals surface area contributed by atoms with Crippen molar-refractivity contribution in [3.05, 3.63) is 41.9 Å². The topological polar surface area (TPSA) is 80.6 Å². The Kier molecular flexibility index (Phi) is 4.27. The smallest absolute Gasteiger partial charge is 0.259 e. The standard InChI is InChI=1S/C15H16N2O4/c1-9-12(6-7-21-9)15(19)17-11-4-5-14(20-3)13(8-11)16-10(2)18/h4-8H,1-3H3,(H,16,18)(H,17,19). The van der Waals surface area contributed by atoms with Crippen molar-refractivity contribution in [1.29, 1.82) is 0 Å². The Hall–Kier alpha value is -2.76. The SMILES string of the molecule is COc1ccc(NC(=O)c2ccoc2C)cc1NC(C)=O. The van der Waals surface area contributed by atoms with Gasteiger partial charge in [-0.3, -0.25) is 9.59 Å². The summed E-state index contributed by atoms with van der Waals surface area (Å²) in [5, 5.41) is 5.39. The Bertz CT molecular complexity index is 676. The third-order valence-electron chi connectivity index (χ3n) is 2.87. The molecule has 1 aromatic heterocycles. The molecule has 0 saturated heterocycles. The summed E-state index contributed by atoms with van der Waals surface area (Å²) in [4.78, 5) is 23.3. The molecular weight excluding hydrogens is 272 g/mol. The van der Waals surface area contributed by atoms with E-state index in [9.17, 15) is 9.59 Å². The summed E-state index contributed by atoms with van der Waals surface area (Å²) >= 11 is 0. The van der Waals surface area contributed by atoms with Gasteiger partial charge in [0.1, 0.15) is 11.5 Å². The number of benzene rings is 1. The molecule has 1 heterocycles. The highest BCUT2D eigenvalue weighted by Gasteiger charge is 2.13. The van der Waals surface area contributed by atoms with Crippen molar-refractivity contribution in [2.24, 2.45) is 0 Å². The van der Waals surface area contributed by atoms with Crippen molar-refractivity contribution in [3.63, 3.8) is 0 Å². The van der Waals surface area contributed by atoms with Gasteiger partial charge >= 0.3 is 0 Å². The molecule has 0 aliphatic rings. The molecule has 1 aromatic carbocycles. The molecule has 0 unspecified atom stereocenters. The molecule has 21 heavy (non-hydrogen) atoms. The highest BCUT2D eigenvalue weighted by molar-refractivity contribution is 6.05. The van der Waals surface area contributed by atoms with E-state index < -0.39 is 0 Å². The summed E-state index contributed by atoms with van der Waals surface area (Å²) in [5.74, 6) is 0.563. The fourth-order valence-electron chi connectivity index (χ4n) is 1.89. The molecule has 0 spiro atoms. The normalized spacial score (nSPS) is 10.0. The van der Waals surface area contributed by atoms with Gasteiger partial charge in [0.05, 0.1) is 24.6 Å². The molecule has 2 aromatic rings. The van der Waals surface area contributed by atoms with Crippen molar-refractivity contribution >= 4 is 23.2 Å². The van der Waals surface area contributed by atoms with Crippen LogP contribution in [-0.4, -0.2) is 18.9 Å². The molecule has 0 atom stereocenters. The monoisotopic (exact) mass is 288 g/mol. The average molecular weight is 288 g/mol. The number of anilines is 2. The molecular formula is C15H16N2O4. The lowest BCUT2D eigenvalue weighted by Crippen LogP contribution is -2.13. The number of aryl methyl sites for hydroxylation is 1. The third-order valence-corrected chi connectivity index (χ3v) is 2.87. The van der Waals surface area contributed by atoms with Crippen molar-refractivity contribution in [2.75, 3.05) is 17.7 Å². The molecule has 0 bridgehead atoms. The number of ether oxygens (including phenoxy) is 1. The zero-order chi connectivity index (χ0) is 15.4. The fraction of sp³-hybridized carbons (Fsp3) is 0.200. The predicted octanol–water partition coefficient (Wildman–Crippen LogP) is 2.81. The molecule has 6 nitrogen and oxygen atoms in total. The van der Waals surface area contributed by atoms with E-state index in [1.54, 1.807) is 31.2 Å². The van der Waals surface area contributed by atoms with Crippen LogP contribution < -0.4 is 15.4 Å². The molecule has 110 valence electrons. The maximum absolute atomic E-state index is 12.1. The maximum atomic E-state index is 12.1. The summed E-state index contributed by atoms with van der Waals surface area (Å²) in [6, 6.07) is 6.59. The number of methoxy groups -OCH3 is 1. The van der Waals surface area contributed by atoms with E-state index in [0.29, 0.717) is 28.4 Å². The van der Waals surface area contributed by atoms with Crippen molar-refractivity contribution in [1.82, 2.24) is 0 Å². The number of hydrogen-bond acceptors (Lipinski definition) is 4. The van der Waals surface area contributed by atoms with Crippen LogP contribution in [0.15, 0.2) is 34.9 Å². The highest BCUT2D eigenvalue weighted by atomic mass is 16.5. The lowest BCUT2D eigenvalue weighted by atomic mass is 10.2. The number of nitrogens with one attached hydrogen (secondary N) is 2. The Labute approximate surface area is 122 Å². The van der Waals surface area contributed by atoms with Gasteiger partial charge in [-0.05, 0) is 31.2 Å². The molecule has 2 N–H and O–H groups in total. The van der Waals surface area contributed by atoms with Crippen LogP contribution in [0.5, 0.6) is 5.75 Å². The van der Waals surface area contributed by atoms with Gasteiger partial charge in [0.15, 0.2) is 0 Å². The minimum absolute atomic E-state index is 0.220. The van der Waals surface area contributed by atoms with Crippen molar-refractivity contribution < 1.29 is 18.7 Å². The van der Waals surface area contributed by atoms with Gasteiger partial charge in [0.25, 0.3) is 5.91 Å². The van der Waals surface area contributed by atoms with E-state index in [1.807, 2.05) is 0 Å². The summed E-state index contributed by atoms with van der Waals surface area (Å²) in [7, 11) is 1.51. The van der Waals surface area contributed by atoms with E-state index >= 15 is 0 Å². The van der Waals surface area contributed by atoms with Crippen LogP contribution in [0.3, 0.4) is 0 Å². The molecule has 0 aliphatic carbocycles. The lowest BCUT2D eigenvalue weighted by molar-refractivity contribution is -0.114. The van der Waals surface area contributed by atoms with Gasteiger partial charge in [0, 0.05) is 12.6 Å². The first-order valence-electron chi connectivity index (χ1n) is 6.32. The summed E-state index contributed by atoms with van der Waals surface area (Å²) < 4.78 is 10.3. The molecule has 0 radical (unpaired) electrons. The number of carbonyl (C=O) groups is 2. The Morgan fingerprint density at radius 1 is 1.19 bits per heavy atom. The van der Waals surface area contributed by atoms with Crippen LogP contribution in [0.4, 0.5) is 11.4 Å². The van der Waals surface area contributed by atoms with Gasteiger partial charge < -0.3 is 19.8 Å².